The van der Waals surface area contributed by atoms with Crippen LogP contribution in [0.5, 0.6) is 5.75 Å². The van der Waals surface area contributed by atoms with Gasteiger partial charge in [-0.15, -0.1) is 10.2 Å². The molecule has 0 bridgehead atoms. The maximum Gasteiger partial charge on any atom is 0.303 e. The smallest absolute Gasteiger partial charge is 0.303 e. The second kappa shape index (κ2) is 9.90. The third-order valence-electron chi connectivity index (χ3n) is 5.12. The number of rotatable bonds is 8. The molecule has 0 saturated heterocycles. The number of hydrogen-bond acceptors (Lipinski definition) is 6. The molecule has 1 heterocycles. The lowest BCUT2D eigenvalue weighted by atomic mass is 9.89. The van der Waals surface area contributed by atoms with Crippen molar-refractivity contribution in [1.82, 2.24) is 9.78 Å². The highest BCUT2D eigenvalue weighted by Gasteiger charge is 2.23. The second-order valence-corrected chi connectivity index (χ2v) is 7.56. The molecule has 1 aromatic heterocycles. The summed E-state index contributed by atoms with van der Waals surface area (Å²) in [5.74, 6) is -1.78. The summed E-state index contributed by atoms with van der Waals surface area (Å²) >= 11 is 0. The van der Waals surface area contributed by atoms with E-state index in [0.29, 0.717) is 12.1 Å². The van der Waals surface area contributed by atoms with Gasteiger partial charge in [0.2, 0.25) is 5.91 Å². The van der Waals surface area contributed by atoms with Crippen LogP contribution in [-0.4, -0.2) is 31.9 Å². The van der Waals surface area contributed by atoms with Crippen LogP contribution in [0.2, 0.25) is 0 Å². The van der Waals surface area contributed by atoms with Gasteiger partial charge in [-0.3, -0.25) is 24.2 Å². The number of aliphatic carboxylic acids is 1. The number of H-pyrrole nitrogens is 1. The Morgan fingerprint density at radius 2 is 1.97 bits per heavy atom. The zero-order valence-corrected chi connectivity index (χ0v) is 17.8. The Hall–Kier alpha value is -3.95. The molecule has 3 rings (SSSR count). The summed E-state index contributed by atoms with van der Waals surface area (Å²) in [4.78, 5) is 35.7. The Morgan fingerprint density at radius 3 is 2.69 bits per heavy atom. The van der Waals surface area contributed by atoms with Crippen molar-refractivity contribution >= 4 is 28.9 Å². The van der Waals surface area contributed by atoms with Crippen LogP contribution in [0.4, 0.5) is 17.1 Å². The van der Waals surface area contributed by atoms with Gasteiger partial charge in [0.15, 0.2) is 11.4 Å². The highest BCUT2D eigenvalue weighted by Crippen LogP contribution is 2.35. The number of hydrogen-bond donors (Lipinski definition) is 4. The fourth-order valence-electron chi connectivity index (χ4n) is 3.34. The largest absolute Gasteiger partial charge is 0.504 e. The third kappa shape index (κ3) is 5.20. The van der Waals surface area contributed by atoms with Gasteiger partial charge in [-0.2, -0.15) is 0 Å². The molecule has 32 heavy (non-hydrogen) atoms. The second-order valence-electron chi connectivity index (χ2n) is 7.56. The SMILES string of the molecule is Cc1[nH]n(CCCC(=O)O)c(=O)c1N=Nc1cccc(NC(=O)C2C=CC=CC2C)c1O. The molecule has 1 aliphatic rings. The van der Waals surface area contributed by atoms with Crippen LogP contribution in [0.1, 0.15) is 25.5 Å². The molecular formula is C22H25N5O5. The molecule has 1 aromatic carbocycles. The van der Waals surface area contributed by atoms with Crippen molar-refractivity contribution in [3.63, 3.8) is 0 Å². The molecule has 168 valence electrons. The van der Waals surface area contributed by atoms with Crippen LogP contribution in [0.25, 0.3) is 0 Å². The molecule has 10 nitrogen and oxygen atoms in total. The number of para-hydroxylation sites is 1. The quantitative estimate of drug-likeness (QED) is 0.365. The monoisotopic (exact) mass is 439 g/mol. The first-order valence-electron chi connectivity index (χ1n) is 10.2. The predicted octanol–water partition coefficient (Wildman–Crippen LogP) is 3.79. The number of nitrogens with one attached hydrogen (secondary N) is 2. The first-order valence-corrected chi connectivity index (χ1v) is 10.2. The topological polar surface area (TPSA) is 149 Å². The highest BCUT2D eigenvalue weighted by atomic mass is 16.4. The first-order chi connectivity index (χ1) is 15.3. The van der Waals surface area contributed by atoms with Gasteiger partial charge in [0.05, 0.1) is 17.3 Å². The molecule has 0 spiro atoms. The number of allylic oxidation sites excluding steroid dienone is 3. The lowest BCUT2D eigenvalue weighted by Crippen LogP contribution is -2.26. The van der Waals surface area contributed by atoms with E-state index in [0.717, 1.165) is 0 Å². The van der Waals surface area contributed by atoms with E-state index in [9.17, 15) is 19.5 Å². The summed E-state index contributed by atoms with van der Waals surface area (Å²) < 4.78 is 1.27. The molecular weight excluding hydrogens is 414 g/mol. The van der Waals surface area contributed by atoms with E-state index in [4.69, 9.17) is 5.11 Å². The predicted molar refractivity (Wildman–Crippen MR) is 119 cm³/mol. The zero-order valence-electron chi connectivity index (χ0n) is 17.8. The summed E-state index contributed by atoms with van der Waals surface area (Å²) in [7, 11) is 0. The minimum absolute atomic E-state index is 0.0271. The van der Waals surface area contributed by atoms with Gasteiger partial charge in [-0.1, -0.05) is 37.3 Å². The van der Waals surface area contributed by atoms with E-state index in [1.807, 2.05) is 25.2 Å². The number of benzene rings is 1. The van der Waals surface area contributed by atoms with Crippen molar-refractivity contribution in [3.05, 3.63) is 58.6 Å². The average molecular weight is 439 g/mol. The molecule has 4 N–H and O–H groups in total. The number of phenolic OH excluding ortho intramolecular Hbond substituents is 1. The van der Waals surface area contributed by atoms with Gasteiger partial charge in [-0.05, 0) is 31.4 Å². The molecule has 0 fully saturated rings. The number of aromatic hydroxyl groups is 1. The molecule has 0 aliphatic heterocycles. The van der Waals surface area contributed by atoms with Crippen molar-refractivity contribution in [1.29, 1.82) is 0 Å². The normalized spacial score (nSPS) is 17.7. The number of aryl methyl sites for hydroxylation is 2. The maximum atomic E-state index is 12.6. The van der Waals surface area contributed by atoms with E-state index in [1.165, 1.54) is 10.7 Å². The van der Waals surface area contributed by atoms with Crippen molar-refractivity contribution < 1.29 is 19.8 Å². The summed E-state index contributed by atoms with van der Waals surface area (Å²) in [6.07, 6.45) is 7.66. The molecule has 0 radical (unpaired) electrons. The molecule has 10 heteroatoms. The Labute approximate surface area is 184 Å². The molecule has 2 atom stereocenters. The van der Waals surface area contributed by atoms with E-state index in [2.05, 4.69) is 20.6 Å². The number of carbonyl (C=O) groups is 2. The number of nitrogens with zero attached hydrogens (tertiary/aromatic N) is 3. The van der Waals surface area contributed by atoms with Gasteiger partial charge in [0.25, 0.3) is 5.56 Å². The van der Waals surface area contributed by atoms with Gasteiger partial charge in [-0.25, -0.2) is 0 Å². The number of amides is 1. The standard InChI is InChI=1S/C22H25N5O5/c1-13-7-3-4-8-15(13)21(31)23-16-9-5-10-17(20(16)30)24-25-19-14(2)26-27(22(19)32)12-6-11-18(28)29/h3-5,7-10,13,15,26,30H,6,11-12H2,1-2H3,(H,23,31)(H,28,29). The summed E-state index contributed by atoms with van der Waals surface area (Å²) in [6.45, 7) is 3.78. The number of carboxylic acid groups (broad SMARTS) is 1. The molecule has 1 amide bonds. The van der Waals surface area contributed by atoms with Crippen molar-refractivity contribution in [2.45, 2.75) is 33.2 Å². The maximum absolute atomic E-state index is 12.6. The van der Waals surface area contributed by atoms with Crippen LogP contribution < -0.4 is 10.9 Å². The highest BCUT2D eigenvalue weighted by molar-refractivity contribution is 5.96. The minimum atomic E-state index is -0.936. The molecule has 2 aromatic rings. The number of azo groups is 1. The Morgan fingerprint density at radius 1 is 1.22 bits per heavy atom. The van der Waals surface area contributed by atoms with Crippen LogP contribution in [-0.2, 0) is 16.1 Å². The van der Waals surface area contributed by atoms with Gasteiger partial charge >= 0.3 is 5.97 Å². The summed E-state index contributed by atoms with van der Waals surface area (Å²) in [6, 6.07) is 4.67. The number of carboxylic acids is 1. The van der Waals surface area contributed by atoms with Gasteiger partial charge in [0, 0.05) is 13.0 Å². The Bertz CT molecular complexity index is 1160. The van der Waals surface area contributed by atoms with E-state index < -0.39 is 11.5 Å². The van der Waals surface area contributed by atoms with E-state index >= 15 is 0 Å². The average Bonchev–Trinajstić information content (AvgIpc) is 3.01. The molecule has 2 unspecified atom stereocenters. The zero-order chi connectivity index (χ0) is 23.3. The molecule has 1 aliphatic carbocycles. The van der Waals surface area contributed by atoms with Gasteiger partial charge < -0.3 is 15.5 Å². The van der Waals surface area contributed by atoms with Crippen molar-refractivity contribution in [2.75, 3.05) is 5.32 Å². The van der Waals surface area contributed by atoms with Crippen LogP contribution >= 0.6 is 0 Å². The summed E-state index contributed by atoms with van der Waals surface area (Å²) in [5.41, 5.74) is 0.365. The number of aromatic nitrogens is 2. The fourth-order valence-corrected chi connectivity index (χ4v) is 3.34. The number of carbonyl (C=O) groups excluding carboxylic acids is 1. The Balaban J connectivity index is 1.76. The number of anilines is 1. The molecule has 0 saturated carbocycles. The van der Waals surface area contributed by atoms with Crippen LogP contribution in [0.15, 0.2) is 57.5 Å². The summed E-state index contributed by atoms with van der Waals surface area (Å²) in [5, 5.41) is 32.8. The fraction of sp³-hybridized carbons (Fsp3) is 0.318. The van der Waals surface area contributed by atoms with Crippen molar-refractivity contribution in [3.8, 4) is 5.75 Å². The lowest BCUT2D eigenvalue weighted by Gasteiger charge is -2.20. The van der Waals surface area contributed by atoms with Crippen LogP contribution in [0, 0.1) is 18.8 Å². The van der Waals surface area contributed by atoms with E-state index in [1.54, 1.807) is 25.1 Å². The van der Waals surface area contributed by atoms with Crippen LogP contribution in [0.3, 0.4) is 0 Å². The first kappa shape index (κ1) is 22.7. The van der Waals surface area contributed by atoms with E-state index in [-0.39, 0.29) is 53.5 Å². The third-order valence-corrected chi connectivity index (χ3v) is 5.12. The lowest BCUT2D eigenvalue weighted by molar-refractivity contribution is -0.137. The van der Waals surface area contributed by atoms with Gasteiger partial charge in [0.1, 0.15) is 5.69 Å². The minimum Gasteiger partial charge on any atom is -0.504 e. The number of aromatic amines is 1. The van der Waals surface area contributed by atoms with Crippen molar-refractivity contribution in [2.24, 2.45) is 22.1 Å². The Kier molecular flexibility index (Phi) is 7.04. The number of phenols is 1.